The Morgan fingerprint density at radius 1 is 1.00 bits per heavy atom. The maximum atomic E-state index is 5.25. The van der Waals surface area contributed by atoms with E-state index in [1.54, 1.807) is 7.11 Å². The zero-order valence-electron chi connectivity index (χ0n) is 10.5. The molecule has 0 amide bonds. The van der Waals surface area contributed by atoms with Gasteiger partial charge in [-0.05, 0) is 23.3 Å². The first-order valence-electron chi connectivity index (χ1n) is 5.99. The van der Waals surface area contributed by atoms with Crippen LogP contribution in [0.1, 0.15) is 0 Å². The molecule has 0 aliphatic carbocycles. The molecule has 0 aliphatic rings. The number of pyridine rings is 1. The summed E-state index contributed by atoms with van der Waals surface area (Å²) < 4.78 is 5.23. The van der Waals surface area contributed by atoms with Crippen LogP contribution >= 0.6 is 0 Å². The summed E-state index contributed by atoms with van der Waals surface area (Å²) in [6.07, 6.45) is 0. The minimum Gasteiger partial charge on any atom is -0.760 e. The first-order chi connectivity index (χ1) is 9.28. The second-order valence-electron chi connectivity index (χ2n) is 4.26. The van der Waals surface area contributed by atoms with E-state index in [0.29, 0.717) is 5.03 Å². The number of benzene rings is 2. The molecule has 0 fully saturated rings. The second-order valence-corrected chi connectivity index (χ2v) is 4.68. The van der Waals surface area contributed by atoms with Crippen LogP contribution in [-0.2, 0) is 12.6 Å². The summed E-state index contributed by atoms with van der Waals surface area (Å²) in [7, 11) is 1.65. The van der Waals surface area contributed by atoms with Crippen molar-refractivity contribution in [3.05, 3.63) is 54.6 Å². The highest BCUT2D eigenvalue weighted by Gasteiger charge is 2.05. The van der Waals surface area contributed by atoms with E-state index in [1.807, 2.05) is 42.5 Å². The molecule has 2 aromatic carbocycles. The molecule has 0 atom stereocenters. The van der Waals surface area contributed by atoms with Gasteiger partial charge < -0.3 is 17.4 Å². The average molecular weight is 266 g/mol. The number of methoxy groups -OCH3 is 1. The van der Waals surface area contributed by atoms with Crippen LogP contribution < -0.4 is 4.74 Å². The monoisotopic (exact) mass is 266 g/mol. The van der Waals surface area contributed by atoms with Crippen molar-refractivity contribution in [1.82, 2.24) is 4.98 Å². The minimum atomic E-state index is 0.597. The minimum absolute atomic E-state index is 0.597. The fourth-order valence-corrected chi connectivity index (χ4v) is 2.38. The Morgan fingerprint density at radius 3 is 2.53 bits per heavy atom. The van der Waals surface area contributed by atoms with E-state index in [4.69, 9.17) is 17.4 Å². The lowest BCUT2D eigenvalue weighted by atomic mass is 10.0. The predicted octanol–water partition coefficient (Wildman–Crippen LogP) is 3.82. The second kappa shape index (κ2) is 4.86. The molecule has 0 spiro atoms. The number of aromatic nitrogens is 1. The molecule has 0 bridgehead atoms. The van der Waals surface area contributed by atoms with Crippen molar-refractivity contribution < 1.29 is 4.74 Å². The maximum absolute atomic E-state index is 5.25. The number of ether oxygens (including phenoxy) is 1. The zero-order chi connectivity index (χ0) is 13.2. The van der Waals surface area contributed by atoms with Crippen LogP contribution in [0.2, 0.25) is 0 Å². The first kappa shape index (κ1) is 11.9. The number of nitrogens with zero attached hydrogens (tertiary/aromatic N) is 1. The third-order valence-corrected chi connectivity index (χ3v) is 3.29. The molecule has 94 valence electrons. The largest absolute Gasteiger partial charge is 0.760 e. The van der Waals surface area contributed by atoms with Gasteiger partial charge in [-0.3, -0.25) is 4.98 Å². The van der Waals surface area contributed by atoms with Crippen LogP contribution in [0.4, 0.5) is 0 Å². The Balaban J connectivity index is 2.30. The summed E-state index contributed by atoms with van der Waals surface area (Å²) in [6.45, 7) is 0. The molecule has 0 saturated carbocycles. The molecule has 0 N–H and O–H groups in total. The fraction of sp³-hybridized carbons (Fsp3) is 0.0625. The first-order valence-corrected chi connectivity index (χ1v) is 6.40. The number of hydrogen-bond acceptors (Lipinski definition) is 3. The summed E-state index contributed by atoms with van der Waals surface area (Å²) >= 11 is 5.25. The lowest BCUT2D eigenvalue weighted by molar-refractivity contribution is 0.415. The van der Waals surface area contributed by atoms with Crippen molar-refractivity contribution in [2.75, 3.05) is 7.11 Å². The van der Waals surface area contributed by atoms with Crippen LogP contribution in [-0.4, -0.2) is 12.1 Å². The van der Waals surface area contributed by atoms with Crippen molar-refractivity contribution >= 4 is 23.5 Å². The van der Waals surface area contributed by atoms with Gasteiger partial charge in [0.05, 0.1) is 12.6 Å². The quantitative estimate of drug-likeness (QED) is 0.658. The molecule has 2 nitrogen and oxygen atoms in total. The van der Waals surface area contributed by atoms with Crippen LogP contribution in [0, 0.1) is 0 Å². The van der Waals surface area contributed by atoms with Crippen molar-refractivity contribution in [2.24, 2.45) is 0 Å². The molecule has 1 aromatic heterocycles. The van der Waals surface area contributed by atoms with E-state index in [1.165, 1.54) is 0 Å². The SMILES string of the molecule is COc1ccc2c(-c3ccccc3)cc([S-])nc2c1. The lowest BCUT2D eigenvalue weighted by Gasteiger charge is -2.13. The van der Waals surface area contributed by atoms with Crippen LogP contribution in [0.15, 0.2) is 59.6 Å². The van der Waals surface area contributed by atoms with Gasteiger partial charge in [-0.2, -0.15) is 0 Å². The summed E-state index contributed by atoms with van der Waals surface area (Å²) in [6, 6.07) is 18.0. The molecule has 3 heteroatoms. The lowest BCUT2D eigenvalue weighted by Crippen LogP contribution is -1.90. The van der Waals surface area contributed by atoms with E-state index in [2.05, 4.69) is 17.1 Å². The van der Waals surface area contributed by atoms with Gasteiger partial charge in [0.1, 0.15) is 5.75 Å². The molecule has 0 radical (unpaired) electrons. The molecule has 0 aliphatic heterocycles. The Kier molecular flexibility index (Phi) is 3.05. The van der Waals surface area contributed by atoms with Gasteiger partial charge in [0.25, 0.3) is 0 Å². The Morgan fingerprint density at radius 2 is 1.79 bits per heavy atom. The molecule has 0 saturated heterocycles. The van der Waals surface area contributed by atoms with Gasteiger partial charge in [-0.25, -0.2) is 0 Å². The highest BCUT2D eigenvalue weighted by atomic mass is 32.1. The number of rotatable bonds is 2. The summed E-state index contributed by atoms with van der Waals surface area (Å²) in [4.78, 5) is 4.41. The summed E-state index contributed by atoms with van der Waals surface area (Å²) in [5.74, 6) is 0.791. The molecule has 3 rings (SSSR count). The number of hydrogen-bond donors (Lipinski definition) is 0. The van der Waals surface area contributed by atoms with Crippen LogP contribution in [0.3, 0.4) is 0 Å². The van der Waals surface area contributed by atoms with Crippen LogP contribution in [0.5, 0.6) is 5.75 Å². The topological polar surface area (TPSA) is 22.1 Å². The van der Waals surface area contributed by atoms with Gasteiger partial charge in [0, 0.05) is 11.5 Å². The summed E-state index contributed by atoms with van der Waals surface area (Å²) in [5, 5.41) is 1.68. The van der Waals surface area contributed by atoms with Gasteiger partial charge >= 0.3 is 0 Å². The molecular formula is C16H12NOS-. The molecule has 3 aromatic rings. The molecule has 1 heterocycles. The maximum Gasteiger partial charge on any atom is 0.121 e. The van der Waals surface area contributed by atoms with Crippen molar-refractivity contribution in [2.45, 2.75) is 5.03 Å². The highest BCUT2D eigenvalue weighted by molar-refractivity contribution is 7.58. The van der Waals surface area contributed by atoms with Crippen molar-refractivity contribution in [3.63, 3.8) is 0 Å². The smallest absolute Gasteiger partial charge is 0.121 e. The van der Waals surface area contributed by atoms with Crippen LogP contribution in [0.25, 0.3) is 22.0 Å². The molecule has 19 heavy (non-hydrogen) atoms. The Labute approximate surface area is 117 Å². The fourth-order valence-electron chi connectivity index (χ4n) is 2.17. The van der Waals surface area contributed by atoms with E-state index >= 15 is 0 Å². The third kappa shape index (κ3) is 2.25. The highest BCUT2D eigenvalue weighted by Crippen LogP contribution is 2.30. The van der Waals surface area contributed by atoms with Gasteiger partial charge in [-0.1, -0.05) is 41.4 Å². The van der Waals surface area contributed by atoms with E-state index in [-0.39, 0.29) is 0 Å². The van der Waals surface area contributed by atoms with Crippen molar-refractivity contribution in [1.29, 1.82) is 0 Å². The predicted molar refractivity (Wildman–Crippen MR) is 79.4 cm³/mol. The zero-order valence-corrected chi connectivity index (χ0v) is 11.3. The average Bonchev–Trinajstić information content (AvgIpc) is 2.46. The summed E-state index contributed by atoms with van der Waals surface area (Å²) in [5.41, 5.74) is 3.12. The van der Waals surface area contributed by atoms with E-state index < -0.39 is 0 Å². The Hall–Kier alpha value is -2.13. The van der Waals surface area contributed by atoms with Crippen molar-refractivity contribution in [3.8, 4) is 16.9 Å². The Bertz CT molecular complexity index is 725. The van der Waals surface area contributed by atoms with E-state index in [9.17, 15) is 0 Å². The molecular weight excluding hydrogens is 254 g/mol. The molecule has 0 unspecified atom stereocenters. The number of fused-ring (bicyclic) bond motifs is 1. The standard InChI is InChI=1S/C16H13NOS/c1-18-12-7-8-13-14(11-5-3-2-4-6-11)10-16(19)17-15(13)9-12/h2-10H,1H3,(H,17,19)/p-1. The van der Waals surface area contributed by atoms with Gasteiger partial charge in [0.2, 0.25) is 0 Å². The third-order valence-electron chi connectivity index (χ3n) is 3.08. The van der Waals surface area contributed by atoms with Gasteiger partial charge in [-0.15, -0.1) is 0 Å². The van der Waals surface area contributed by atoms with Gasteiger partial charge in [0.15, 0.2) is 0 Å². The normalized spacial score (nSPS) is 10.6. The van der Waals surface area contributed by atoms with E-state index in [0.717, 1.165) is 27.8 Å².